The Bertz CT molecular complexity index is 239. The van der Waals surface area contributed by atoms with Crippen molar-refractivity contribution in [3.05, 3.63) is 42.0 Å². The molecule has 0 radical (unpaired) electrons. The normalized spacial score (nSPS) is 10.8. The Balaban J connectivity index is 2.25. The maximum absolute atomic E-state index is 8.56. The van der Waals surface area contributed by atoms with Crippen molar-refractivity contribution in [2.45, 2.75) is 19.3 Å². The van der Waals surface area contributed by atoms with Crippen LogP contribution in [-0.2, 0) is 0 Å². The van der Waals surface area contributed by atoms with Crippen LogP contribution in [0.3, 0.4) is 0 Å². The number of aliphatic hydroxyl groups excluding tert-OH is 1. The maximum atomic E-state index is 8.56. The highest BCUT2D eigenvalue weighted by atomic mass is 16.2. The molecule has 13 heavy (non-hydrogen) atoms. The Morgan fingerprint density at radius 1 is 1.08 bits per heavy atom. The van der Waals surface area contributed by atoms with Crippen LogP contribution in [-0.4, -0.2) is 11.7 Å². The molecule has 0 aliphatic carbocycles. The van der Waals surface area contributed by atoms with E-state index in [1.165, 1.54) is 5.56 Å². The Kier molecular flexibility index (Phi) is 4.95. The molecule has 0 atom stereocenters. The Morgan fingerprint density at radius 2 is 1.85 bits per heavy atom. The van der Waals surface area contributed by atoms with Gasteiger partial charge in [-0.2, -0.15) is 0 Å². The highest BCUT2D eigenvalue weighted by Gasteiger charge is 1.84. The summed E-state index contributed by atoms with van der Waals surface area (Å²) < 4.78 is 0. The third-order valence-corrected chi connectivity index (χ3v) is 1.89. The van der Waals surface area contributed by atoms with E-state index in [4.69, 9.17) is 5.11 Å². The van der Waals surface area contributed by atoms with Crippen LogP contribution in [0.2, 0.25) is 0 Å². The zero-order chi connectivity index (χ0) is 9.36. The van der Waals surface area contributed by atoms with Gasteiger partial charge < -0.3 is 5.11 Å². The lowest BCUT2D eigenvalue weighted by molar-refractivity contribution is 0.285. The molecule has 0 fully saturated rings. The second-order valence-electron chi connectivity index (χ2n) is 3.03. The van der Waals surface area contributed by atoms with Gasteiger partial charge in [0.15, 0.2) is 0 Å². The molecule has 0 amide bonds. The summed E-state index contributed by atoms with van der Waals surface area (Å²) in [6.07, 6.45) is 7.30. The molecular weight excluding hydrogens is 160 g/mol. The summed E-state index contributed by atoms with van der Waals surface area (Å²) >= 11 is 0. The summed E-state index contributed by atoms with van der Waals surface area (Å²) in [5.41, 5.74) is 1.24. The molecule has 1 aromatic rings. The standard InChI is InChI=1S/C12H16O/c13-11-7-2-1-4-8-12-9-5-3-6-10-12/h3-6,8-10,13H,1-2,7,11H2/b8-4+. The van der Waals surface area contributed by atoms with Gasteiger partial charge in [-0.3, -0.25) is 0 Å². The average Bonchev–Trinajstić information content (AvgIpc) is 2.19. The maximum Gasteiger partial charge on any atom is 0.0431 e. The molecule has 0 bridgehead atoms. The van der Waals surface area contributed by atoms with Crippen molar-refractivity contribution in [3.63, 3.8) is 0 Å². The molecule has 0 heterocycles. The van der Waals surface area contributed by atoms with Gasteiger partial charge in [0.2, 0.25) is 0 Å². The lowest BCUT2D eigenvalue weighted by Crippen LogP contribution is -1.80. The lowest BCUT2D eigenvalue weighted by Gasteiger charge is -1.92. The van der Waals surface area contributed by atoms with Crippen LogP contribution >= 0.6 is 0 Å². The molecule has 1 rings (SSSR count). The van der Waals surface area contributed by atoms with E-state index in [1.54, 1.807) is 0 Å². The molecule has 1 N–H and O–H groups in total. The van der Waals surface area contributed by atoms with Crippen molar-refractivity contribution in [2.24, 2.45) is 0 Å². The van der Waals surface area contributed by atoms with Gasteiger partial charge in [-0.15, -0.1) is 0 Å². The quantitative estimate of drug-likeness (QED) is 0.684. The van der Waals surface area contributed by atoms with Gasteiger partial charge in [-0.25, -0.2) is 0 Å². The Morgan fingerprint density at radius 3 is 2.54 bits per heavy atom. The van der Waals surface area contributed by atoms with Crippen molar-refractivity contribution in [1.29, 1.82) is 0 Å². The first kappa shape index (κ1) is 10.0. The molecule has 1 heteroatoms. The highest BCUT2D eigenvalue weighted by molar-refractivity contribution is 5.48. The van der Waals surface area contributed by atoms with Crippen molar-refractivity contribution in [3.8, 4) is 0 Å². The smallest absolute Gasteiger partial charge is 0.0431 e. The van der Waals surface area contributed by atoms with Gasteiger partial charge in [-0.1, -0.05) is 42.5 Å². The minimum absolute atomic E-state index is 0.305. The Labute approximate surface area is 79.7 Å². The zero-order valence-electron chi connectivity index (χ0n) is 7.82. The summed E-state index contributed by atoms with van der Waals surface area (Å²) in [6, 6.07) is 10.3. The predicted octanol–water partition coefficient (Wildman–Crippen LogP) is 2.86. The molecule has 0 aliphatic rings. The lowest BCUT2D eigenvalue weighted by atomic mass is 10.2. The van der Waals surface area contributed by atoms with Crippen LogP contribution in [0.15, 0.2) is 36.4 Å². The zero-order valence-corrected chi connectivity index (χ0v) is 7.82. The molecule has 0 aliphatic heterocycles. The summed E-state index contributed by atoms with van der Waals surface area (Å²) in [7, 11) is 0. The number of hydrogen-bond donors (Lipinski definition) is 1. The fourth-order valence-electron chi connectivity index (χ4n) is 1.16. The highest BCUT2D eigenvalue weighted by Crippen LogP contribution is 2.03. The van der Waals surface area contributed by atoms with Crippen molar-refractivity contribution in [1.82, 2.24) is 0 Å². The van der Waals surface area contributed by atoms with E-state index in [0.29, 0.717) is 6.61 Å². The molecule has 1 nitrogen and oxygen atoms in total. The predicted molar refractivity (Wildman–Crippen MR) is 56.4 cm³/mol. The topological polar surface area (TPSA) is 20.2 Å². The third kappa shape index (κ3) is 4.48. The second kappa shape index (κ2) is 6.44. The van der Waals surface area contributed by atoms with Crippen molar-refractivity contribution < 1.29 is 5.11 Å². The third-order valence-electron chi connectivity index (χ3n) is 1.89. The molecule has 0 aromatic heterocycles. The first-order valence-electron chi connectivity index (χ1n) is 4.76. The van der Waals surface area contributed by atoms with E-state index in [1.807, 2.05) is 18.2 Å². The number of benzene rings is 1. The van der Waals surface area contributed by atoms with E-state index >= 15 is 0 Å². The van der Waals surface area contributed by atoms with E-state index in [2.05, 4.69) is 24.3 Å². The van der Waals surface area contributed by atoms with Crippen LogP contribution in [0.25, 0.3) is 6.08 Å². The second-order valence-corrected chi connectivity index (χ2v) is 3.03. The molecule has 0 spiro atoms. The van der Waals surface area contributed by atoms with Crippen LogP contribution in [0, 0.1) is 0 Å². The van der Waals surface area contributed by atoms with Crippen molar-refractivity contribution >= 4 is 6.08 Å². The van der Waals surface area contributed by atoms with Crippen LogP contribution < -0.4 is 0 Å². The van der Waals surface area contributed by atoms with Gasteiger partial charge in [-0.05, 0) is 24.8 Å². The van der Waals surface area contributed by atoms with Gasteiger partial charge in [0, 0.05) is 6.61 Å². The number of aliphatic hydroxyl groups is 1. The van der Waals surface area contributed by atoms with Gasteiger partial charge in [0.1, 0.15) is 0 Å². The first-order valence-corrected chi connectivity index (χ1v) is 4.76. The van der Waals surface area contributed by atoms with E-state index in [0.717, 1.165) is 19.3 Å². The van der Waals surface area contributed by atoms with E-state index in [-0.39, 0.29) is 0 Å². The number of hydrogen-bond acceptors (Lipinski definition) is 1. The van der Waals surface area contributed by atoms with Crippen LogP contribution in [0.4, 0.5) is 0 Å². The number of unbranched alkanes of at least 4 members (excludes halogenated alkanes) is 2. The molecule has 0 saturated heterocycles. The van der Waals surface area contributed by atoms with Crippen molar-refractivity contribution in [2.75, 3.05) is 6.61 Å². The van der Waals surface area contributed by atoms with Gasteiger partial charge >= 0.3 is 0 Å². The monoisotopic (exact) mass is 176 g/mol. The van der Waals surface area contributed by atoms with Gasteiger partial charge in [0.25, 0.3) is 0 Å². The van der Waals surface area contributed by atoms with E-state index in [9.17, 15) is 0 Å². The van der Waals surface area contributed by atoms with E-state index < -0.39 is 0 Å². The van der Waals surface area contributed by atoms with Gasteiger partial charge in [0.05, 0.1) is 0 Å². The van der Waals surface area contributed by atoms with Crippen LogP contribution in [0.1, 0.15) is 24.8 Å². The summed E-state index contributed by atoms with van der Waals surface area (Å²) in [5, 5.41) is 8.56. The molecule has 1 aromatic carbocycles. The summed E-state index contributed by atoms with van der Waals surface area (Å²) in [6.45, 7) is 0.305. The largest absolute Gasteiger partial charge is 0.396 e. The minimum Gasteiger partial charge on any atom is -0.396 e. The minimum atomic E-state index is 0.305. The molecular formula is C12H16O. The summed E-state index contributed by atoms with van der Waals surface area (Å²) in [4.78, 5) is 0. The molecule has 70 valence electrons. The Hall–Kier alpha value is -1.08. The fourth-order valence-corrected chi connectivity index (χ4v) is 1.16. The number of allylic oxidation sites excluding steroid dienone is 1. The fraction of sp³-hybridized carbons (Fsp3) is 0.333. The summed E-state index contributed by atoms with van der Waals surface area (Å²) in [5.74, 6) is 0. The molecule has 0 saturated carbocycles. The molecule has 0 unspecified atom stereocenters. The number of rotatable bonds is 5. The van der Waals surface area contributed by atoms with Crippen LogP contribution in [0.5, 0.6) is 0 Å². The SMILES string of the molecule is OCCCC/C=C/c1ccccc1. The first-order chi connectivity index (χ1) is 6.43. The average molecular weight is 176 g/mol.